The lowest BCUT2D eigenvalue weighted by Gasteiger charge is -2.13. The monoisotopic (exact) mass is 416 g/mol. The SMILES string of the molecule is COCCCNC(=O)c1ccccc1NC(=S)NC(=O)c1ccc([N+](=O)[O-])cc1. The molecule has 0 aromatic heterocycles. The lowest BCUT2D eigenvalue weighted by molar-refractivity contribution is -0.384. The fourth-order valence-electron chi connectivity index (χ4n) is 2.37. The summed E-state index contributed by atoms with van der Waals surface area (Å²) in [5, 5.41) is 18.8. The van der Waals surface area contributed by atoms with Gasteiger partial charge in [0.15, 0.2) is 5.11 Å². The quantitative estimate of drug-likeness (QED) is 0.261. The summed E-state index contributed by atoms with van der Waals surface area (Å²) in [4.78, 5) is 34.7. The van der Waals surface area contributed by atoms with Gasteiger partial charge in [-0.25, -0.2) is 0 Å². The van der Waals surface area contributed by atoms with Crippen LogP contribution in [0.1, 0.15) is 27.1 Å². The van der Waals surface area contributed by atoms with E-state index in [1.54, 1.807) is 31.4 Å². The molecule has 0 aliphatic carbocycles. The molecule has 2 aromatic carbocycles. The van der Waals surface area contributed by atoms with E-state index in [9.17, 15) is 19.7 Å². The maximum atomic E-state index is 12.4. The van der Waals surface area contributed by atoms with E-state index in [0.717, 1.165) is 0 Å². The number of nitrogens with one attached hydrogen (secondary N) is 3. The van der Waals surface area contributed by atoms with Crippen molar-refractivity contribution < 1.29 is 19.2 Å². The molecule has 29 heavy (non-hydrogen) atoms. The van der Waals surface area contributed by atoms with Gasteiger partial charge in [-0.3, -0.25) is 25.0 Å². The molecular weight excluding hydrogens is 396 g/mol. The van der Waals surface area contributed by atoms with E-state index in [1.165, 1.54) is 24.3 Å². The van der Waals surface area contributed by atoms with Gasteiger partial charge in [-0.2, -0.15) is 0 Å². The van der Waals surface area contributed by atoms with Gasteiger partial charge < -0.3 is 15.4 Å². The van der Waals surface area contributed by atoms with Crippen molar-refractivity contribution in [3.63, 3.8) is 0 Å². The Morgan fingerprint density at radius 1 is 1.10 bits per heavy atom. The minimum atomic E-state index is -0.550. The van der Waals surface area contributed by atoms with Crippen molar-refractivity contribution in [3.05, 3.63) is 69.8 Å². The summed E-state index contributed by atoms with van der Waals surface area (Å²) in [6, 6.07) is 11.9. The Morgan fingerprint density at radius 2 is 1.79 bits per heavy atom. The molecule has 0 radical (unpaired) electrons. The van der Waals surface area contributed by atoms with Gasteiger partial charge in [0.2, 0.25) is 0 Å². The summed E-state index contributed by atoms with van der Waals surface area (Å²) >= 11 is 5.15. The Labute approximate surface area is 172 Å². The fraction of sp³-hybridized carbons (Fsp3) is 0.211. The summed E-state index contributed by atoms with van der Waals surface area (Å²) < 4.78 is 4.94. The maximum absolute atomic E-state index is 12.4. The topological polar surface area (TPSA) is 123 Å². The highest BCUT2D eigenvalue weighted by Crippen LogP contribution is 2.15. The Kier molecular flexibility index (Phi) is 8.19. The number of nitrogens with zero attached hydrogens (tertiary/aromatic N) is 1. The van der Waals surface area contributed by atoms with E-state index < -0.39 is 10.8 Å². The molecule has 0 unspecified atom stereocenters. The van der Waals surface area contributed by atoms with Crippen LogP contribution in [0, 0.1) is 10.1 Å². The van der Waals surface area contributed by atoms with E-state index in [1.807, 2.05) is 0 Å². The van der Waals surface area contributed by atoms with Gasteiger partial charge in [0, 0.05) is 38.0 Å². The lowest BCUT2D eigenvalue weighted by Crippen LogP contribution is -2.35. The lowest BCUT2D eigenvalue weighted by atomic mass is 10.1. The van der Waals surface area contributed by atoms with Crippen molar-refractivity contribution in [2.75, 3.05) is 25.6 Å². The average molecular weight is 416 g/mol. The number of thiocarbonyl (C=S) groups is 1. The first-order valence-corrected chi connectivity index (χ1v) is 9.06. The molecule has 0 fully saturated rings. The fourth-order valence-corrected chi connectivity index (χ4v) is 2.57. The molecule has 3 N–H and O–H groups in total. The molecule has 9 nitrogen and oxygen atoms in total. The first kappa shape index (κ1) is 21.9. The molecule has 0 saturated heterocycles. The Bertz CT molecular complexity index is 902. The zero-order chi connectivity index (χ0) is 21.2. The number of rotatable bonds is 8. The van der Waals surface area contributed by atoms with Crippen molar-refractivity contribution in [3.8, 4) is 0 Å². The van der Waals surface area contributed by atoms with Crippen LogP contribution in [-0.4, -0.2) is 42.1 Å². The van der Waals surface area contributed by atoms with Crippen molar-refractivity contribution in [1.29, 1.82) is 0 Å². The first-order chi connectivity index (χ1) is 13.9. The minimum absolute atomic E-state index is 0.00649. The zero-order valence-corrected chi connectivity index (χ0v) is 16.5. The highest BCUT2D eigenvalue weighted by molar-refractivity contribution is 7.80. The molecule has 0 saturated carbocycles. The molecule has 2 aromatic rings. The molecular formula is C19H20N4O5S. The van der Waals surface area contributed by atoms with Crippen molar-refractivity contribution in [1.82, 2.24) is 10.6 Å². The molecule has 10 heteroatoms. The molecule has 2 rings (SSSR count). The van der Waals surface area contributed by atoms with Crippen molar-refractivity contribution >= 4 is 40.5 Å². The predicted molar refractivity (Wildman–Crippen MR) is 112 cm³/mol. The zero-order valence-electron chi connectivity index (χ0n) is 15.6. The van der Waals surface area contributed by atoms with Gasteiger partial charge in [-0.1, -0.05) is 12.1 Å². The van der Waals surface area contributed by atoms with Gasteiger partial charge in [-0.05, 0) is 42.9 Å². The molecule has 0 aliphatic rings. The summed E-state index contributed by atoms with van der Waals surface area (Å²) in [5.41, 5.74) is 0.902. The van der Waals surface area contributed by atoms with Crippen LogP contribution in [0.15, 0.2) is 48.5 Å². The maximum Gasteiger partial charge on any atom is 0.269 e. The summed E-state index contributed by atoms with van der Waals surface area (Å²) in [6.07, 6.45) is 0.682. The standard InChI is InChI=1S/C19H20N4O5S/c1-28-12-4-11-20-18(25)15-5-2-3-6-16(15)21-19(29)22-17(24)13-7-9-14(10-8-13)23(26)27/h2-3,5-10H,4,11-12H2,1H3,(H,20,25)(H2,21,22,24,29). The molecule has 152 valence electrons. The molecule has 0 bridgehead atoms. The average Bonchev–Trinajstić information content (AvgIpc) is 2.71. The van der Waals surface area contributed by atoms with E-state index >= 15 is 0 Å². The second-order valence-corrected chi connectivity index (χ2v) is 6.27. The molecule has 0 atom stereocenters. The van der Waals surface area contributed by atoms with Crippen LogP contribution in [0.5, 0.6) is 0 Å². The third-order valence-electron chi connectivity index (χ3n) is 3.80. The van der Waals surface area contributed by atoms with Crippen LogP contribution in [0.25, 0.3) is 0 Å². The van der Waals surface area contributed by atoms with Gasteiger partial charge in [-0.15, -0.1) is 0 Å². The number of benzene rings is 2. The summed E-state index contributed by atoms with van der Waals surface area (Å²) in [6.45, 7) is 1.00. The van der Waals surface area contributed by atoms with Crippen molar-refractivity contribution in [2.24, 2.45) is 0 Å². The van der Waals surface area contributed by atoms with E-state index in [2.05, 4.69) is 16.0 Å². The Hall–Kier alpha value is -3.37. The second-order valence-electron chi connectivity index (χ2n) is 5.86. The largest absolute Gasteiger partial charge is 0.385 e. The number of hydrogen-bond acceptors (Lipinski definition) is 6. The Morgan fingerprint density at radius 3 is 2.45 bits per heavy atom. The number of methoxy groups -OCH3 is 1. The van der Waals surface area contributed by atoms with Gasteiger partial charge in [0.25, 0.3) is 17.5 Å². The minimum Gasteiger partial charge on any atom is -0.385 e. The van der Waals surface area contributed by atoms with Crippen LogP contribution in [0.2, 0.25) is 0 Å². The summed E-state index contributed by atoms with van der Waals surface area (Å²) in [5.74, 6) is -0.812. The third kappa shape index (κ3) is 6.63. The van der Waals surface area contributed by atoms with Crippen LogP contribution in [0.3, 0.4) is 0 Å². The van der Waals surface area contributed by atoms with Crippen LogP contribution in [0.4, 0.5) is 11.4 Å². The Balaban J connectivity index is 1.98. The molecule has 0 heterocycles. The number of nitro benzene ring substituents is 1. The highest BCUT2D eigenvalue weighted by atomic mass is 32.1. The van der Waals surface area contributed by atoms with Crippen LogP contribution >= 0.6 is 12.2 Å². The number of carbonyl (C=O) groups is 2. The highest BCUT2D eigenvalue weighted by Gasteiger charge is 2.14. The number of non-ortho nitro benzene ring substituents is 1. The number of nitro groups is 1. The number of carbonyl (C=O) groups excluding carboxylic acids is 2. The smallest absolute Gasteiger partial charge is 0.269 e. The van der Waals surface area contributed by atoms with E-state index in [-0.39, 0.29) is 22.3 Å². The predicted octanol–water partition coefficient (Wildman–Crippen LogP) is 2.49. The molecule has 0 aliphatic heterocycles. The first-order valence-electron chi connectivity index (χ1n) is 8.65. The number of hydrogen-bond donors (Lipinski definition) is 3. The van der Waals surface area contributed by atoms with Crippen LogP contribution < -0.4 is 16.0 Å². The number of para-hydroxylation sites is 1. The number of amides is 2. The second kappa shape index (κ2) is 10.8. The van der Waals surface area contributed by atoms with Gasteiger partial charge in [0.05, 0.1) is 16.2 Å². The van der Waals surface area contributed by atoms with E-state index in [0.29, 0.717) is 30.8 Å². The van der Waals surface area contributed by atoms with Gasteiger partial charge >= 0.3 is 0 Å². The normalized spacial score (nSPS) is 10.1. The van der Waals surface area contributed by atoms with Crippen LogP contribution in [-0.2, 0) is 4.74 Å². The third-order valence-corrected chi connectivity index (χ3v) is 4.00. The summed E-state index contributed by atoms with van der Waals surface area (Å²) in [7, 11) is 1.59. The van der Waals surface area contributed by atoms with Gasteiger partial charge in [0.1, 0.15) is 0 Å². The molecule has 2 amide bonds. The number of ether oxygens (including phenoxy) is 1. The van der Waals surface area contributed by atoms with Crippen molar-refractivity contribution in [2.45, 2.75) is 6.42 Å². The number of anilines is 1. The molecule has 0 spiro atoms. The van der Waals surface area contributed by atoms with E-state index in [4.69, 9.17) is 17.0 Å².